The van der Waals surface area contributed by atoms with E-state index < -0.39 is 5.60 Å². The zero-order chi connectivity index (χ0) is 17.6. The van der Waals surface area contributed by atoms with Crippen LogP contribution in [0.25, 0.3) is 32.2 Å². The van der Waals surface area contributed by atoms with Crippen molar-refractivity contribution in [3.05, 3.63) is 54.7 Å². The SMILES string of the molecule is CC(C)(C)OC(=O)n1cc(-c2nsc3ccccc23)c2ccccc21. The average Bonchev–Trinajstić information content (AvgIpc) is 3.14. The Balaban J connectivity index is 1.93. The third-order valence-corrected chi connectivity index (χ3v) is 4.76. The lowest BCUT2D eigenvalue weighted by Gasteiger charge is -2.19. The van der Waals surface area contributed by atoms with Crippen molar-refractivity contribution in [2.75, 3.05) is 0 Å². The van der Waals surface area contributed by atoms with Crippen LogP contribution in [0.5, 0.6) is 0 Å². The molecule has 25 heavy (non-hydrogen) atoms. The monoisotopic (exact) mass is 350 g/mol. The van der Waals surface area contributed by atoms with Crippen molar-refractivity contribution in [3.63, 3.8) is 0 Å². The molecule has 0 atom stereocenters. The molecule has 2 aromatic carbocycles. The predicted octanol–water partition coefficient (Wildman–Crippen LogP) is 5.70. The molecule has 0 amide bonds. The lowest BCUT2D eigenvalue weighted by Crippen LogP contribution is -2.26. The molecule has 4 rings (SSSR count). The summed E-state index contributed by atoms with van der Waals surface area (Å²) in [7, 11) is 0. The molecule has 0 unspecified atom stereocenters. The fraction of sp³-hybridized carbons (Fsp3) is 0.200. The van der Waals surface area contributed by atoms with Crippen molar-refractivity contribution < 1.29 is 9.53 Å². The summed E-state index contributed by atoms with van der Waals surface area (Å²) < 4.78 is 12.9. The Hall–Kier alpha value is -2.66. The Labute approximate surface area is 149 Å². The molecule has 126 valence electrons. The van der Waals surface area contributed by atoms with Gasteiger partial charge in [0.25, 0.3) is 0 Å². The summed E-state index contributed by atoms with van der Waals surface area (Å²) in [5.74, 6) is 0. The van der Waals surface area contributed by atoms with E-state index in [1.807, 2.05) is 63.4 Å². The predicted molar refractivity (Wildman–Crippen MR) is 102 cm³/mol. The fourth-order valence-corrected chi connectivity index (χ4v) is 3.70. The molecule has 0 fully saturated rings. The molecule has 2 heterocycles. The molecule has 0 N–H and O–H groups in total. The zero-order valence-corrected chi connectivity index (χ0v) is 15.1. The van der Waals surface area contributed by atoms with Crippen LogP contribution in [0.1, 0.15) is 20.8 Å². The first kappa shape index (κ1) is 15.8. The molecule has 0 aliphatic heterocycles. The van der Waals surface area contributed by atoms with Gasteiger partial charge in [-0.1, -0.05) is 36.4 Å². The number of rotatable bonds is 1. The maximum absolute atomic E-state index is 12.6. The standard InChI is InChI=1S/C20H18N2O2S/c1-20(2,3)24-19(23)22-12-15(13-8-4-6-10-16(13)22)18-14-9-5-7-11-17(14)25-21-18/h4-12H,1-3H3. The van der Waals surface area contributed by atoms with Gasteiger partial charge < -0.3 is 4.74 Å². The van der Waals surface area contributed by atoms with Gasteiger partial charge in [0.05, 0.1) is 15.9 Å². The van der Waals surface area contributed by atoms with Gasteiger partial charge in [0, 0.05) is 22.5 Å². The van der Waals surface area contributed by atoms with Gasteiger partial charge in [-0.05, 0) is 44.4 Å². The smallest absolute Gasteiger partial charge is 0.419 e. The van der Waals surface area contributed by atoms with Crippen LogP contribution in [0.15, 0.2) is 54.7 Å². The lowest BCUT2D eigenvalue weighted by atomic mass is 10.1. The second-order valence-corrected chi connectivity index (χ2v) is 7.74. The average molecular weight is 350 g/mol. The van der Waals surface area contributed by atoms with E-state index in [9.17, 15) is 4.79 Å². The minimum Gasteiger partial charge on any atom is -0.443 e. The van der Waals surface area contributed by atoms with E-state index in [-0.39, 0.29) is 6.09 Å². The Morgan fingerprint density at radius 3 is 2.48 bits per heavy atom. The third kappa shape index (κ3) is 2.81. The molecule has 2 aromatic heterocycles. The van der Waals surface area contributed by atoms with E-state index in [1.165, 1.54) is 11.5 Å². The van der Waals surface area contributed by atoms with Crippen molar-refractivity contribution in [1.29, 1.82) is 0 Å². The molecule has 5 heteroatoms. The van der Waals surface area contributed by atoms with Gasteiger partial charge in [0.15, 0.2) is 0 Å². The molecule has 0 bridgehead atoms. The first-order valence-electron chi connectivity index (χ1n) is 8.12. The highest BCUT2D eigenvalue weighted by molar-refractivity contribution is 7.13. The highest BCUT2D eigenvalue weighted by Crippen LogP contribution is 2.36. The number of carbonyl (C=O) groups is 1. The molecule has 0 saturated carbocycles. The summed E-state index contributed by atoms with van der Waals surface area (Å²) >= 11 is 1.47. The van der Waals surface area contributed by atoms with Gasteiger partial charge in [0.1, 0.15) is 5.60 Å². The maximum Gasteiger partial charge on any atom is 0.419 e. The highest BCUT2D eigenvalue weighted by atomic mass is 32.1. The summed E-state index contributed by atoms with van der Waals surface area (Å²) in [5, 5.41) is 2.09. The van der Waals surface area contributed by atoms with Gasteiger partial charge in [-0.25, -0.2) is 4.79 Å². The third-order valence-electron chi connectivity index (χ3n) is 3.93. The number of fused-ring (bicyclic) bond motifs is 2. The number of hydrogen-bond donors (Lipinski definition) is 0. The van der Waals surface area contributed by atoms with Crippen LogP contribution in [0.3, 0.4) is 0 Å². The molecular formula is C20H18N2O2S. The number of carbonyl (C=O) groups excluding carboxylic acids is 1. The van der Waals surface area contributed by atoms with Crippen molar-refractivity contribution in [1.82, 2.24) is 8.94 Å². The first-order valence-corrected chi connectivity index (χ1v) is 8.89. The van der Waals surface area contributed by atoms with Gasteiger partial charge in [-0.15, -0.1) is 0 Å². The Morgan fingerprint density at radius 1 is 1.04 bits per heavy atom. The number of ether oxygens (including phenoxy) is 1. The van der Waals surface area contributed by atoms with Crippen molar-refractivity contribution in [3.8, 4) is 11.3 Å². The largest absolute Gasteiger partial charge is 0.443 e. The van der Waals surface area contributed by atoms with Crippen molar-refractivity contribution in [2.24, 2.45) is 0 Å². The molecule has 0 radical (unpaired) electrons. The van der Waals surface area contributed by atoms with Gasteiger partial charge >= 0.3 is 6.09 Å². The van der Waals surface area contributed by atoms with E-state index in [1.54, 1.807) is 4.57 Å². The second-order valence-electron chi connectivity index (χ2n) is 6.94. The molecular weight excluding hydrogens is 332 g/mol. The number of aromatic nitrogens is 2. The quantitative estimate of drug-likeness (QED) is 0.442. The Morgan fingerprint density at radius 2 is 1.72 bits per heavy atom. The van der Waals surface area contributed by atoms with E-state index in [4.69, 9.17) is 4.74 Å². The van der Waals surface area contributed by atoms with Gasteiger partial charge in [0.2, 0.25) is 0 Å². The minimum atomic E-state index is -0.546. The normalized spacial score (nSPS) is 12.0. The van der Waals surface area contributed by atoms with E-state index in [0.717, 1.165) is 32.2 Å². The number of nitrogens with zero attached hydrogens (tertiary/aromatic N) is 2. The molecule has 4 nitrogen and oxygen atoms in total. The van der Waals surface area contributed by atoms with Crippen LogP contribution in [0, 0.1) is 0 Å². The number of benzene rings is 2. The van der Waals surface area contributed by atoms with E-state index in [0.29, 0.717) is 0 Å². The number of para-hydroxylation sites is 1. The van der Waals surface area contributed by atoms with Crippen molar-refractivity contribution >= 4 is 38.6 Å². The van der Waals surface area contributed by atoms with Crippen LogP contribution in [-0.2, 0) is 4.74 Å². The summed E-state index contributed by atoms with van der Waals surface area (Å²) in [6.07, 6.45) is 1.45. The Bertz CT molecular complexity index is 1090. The summed E-state index contributed by atoms with van der Waals surface area (Å²) in [6, 6.07) is 16.0. The van der Waals surface area contributed by atoms with Crippen molar-refractivity contribution in [2.45, 2.75) is 26.4 Å². The molecule has 4 aromatic rings. The Kier molecular flexibility index (Phi) is 3.62. The topological polar surface area (TPSA) is 44.1 Å². The van der Waals surface area contributed by atoms with Crippen LogP contribution < -0.4 is 0 Å². The van der Waals surface area contributed by atoms with Gasteiger partial charge in [-0.2, -0.15) is 4.37 Å². The molecule has 0 saturated heterocycles. The summed E-state index contributed by atoms with van der Waals surface area (Å²) in [6.45, 7) is 5.60. The van der Waals surface area contributed by atoms with Crippen LogP contribution in [0.4, 0.5) is 4.79 Å². The second kappa shape index (κ2) is 5.70. The summed E-state index contributed by atoms with van der Waals surface area (Å²) in [4.78, 5) is 12.6. The molecule has 0 spiro atoms. The first-order chi connectivity index (χ1) is 11.9. The van der Waals surface area contributed by atoms with Crippen LogP contribution in [0.2, 0.25) is 0 Å². The molecule has 0 aliphatic rings. The fourth-order valence-electron chi connectivity index (χ4n) is 2.91. The zero-order valence-electron chi connectivity index (χ0n) is 14.3. The molecule has 0 aliphatic carbocycles. The summed E-state index contributed by atoms with van der Waals surface area (Å²) in [5.41, 5.74) is 2.12. The maximum atomic E-state index is 12.6. The minimum absolute atomic E-state index is 0.380. The highest BCUT2D eigenvalue weighted by Gasteiger charge is 2.22. The van der Waals surface area contributed by atoms with Gasteiger partial charge in [-0.3, -0.25) is 4.57 Å². The number of hydrogen-bond acceptors (Lipinski definition) is 4. The van der Waals surface area contributed by atoms with E-state index >= 15 is 0 Å². The van der Waals surface area contributed by atoms with Crippen LogP contribution in [-0.4, -0.2) is 20.6 Å². The van der Waals surface area contributed by atoms with Crippen LogP contribution >= 0.6 is 11.5 Å². The van der Waals surface area contributed by atoms with E-state index in [2.05, 4.69) is 16.5 Å². The lowest BCUT2D eigenvalue weighted by molar-refractivity contribution is 0.0544.